The molecule has 4 rings (SSSR count). The first-order valence-electron chi connectivity index (χ1n) is 9.99. The van der Waals surface area contributed by atoms with Gasteiger partial charge in [-0.15, -0.1) is 6.58 Å². The molecule has 1 aliphatic rings. The van der Waals surface area contributed by atoms with Gasteiger partial charge in [0.1, 0.15) is 22.9 Å². The molecule has 2 aromatic carbocycles. The molecule has 0 radical (unpaired) electrons. The van der Waals surface area contributed by atoms with Crippen molar-refractivity contribution in [3.63, 3.8) is 0 Å². The van der Waals surface area contributed by atoms with Gasteiger partial charge in [-0.1, -0.05) is 24.3 Å². The Hall–Kier alpha value is -3.54. The molecular formula is C24H25N3O3. The van der Waals surface area contributed by atoms with Crippen LogP contribution in [0.3, 0.4) is 0 Å². The van der Waals surface area contributed by atoms with Crippen molar-refractivity contribution in [3.05, 3.63) is 77.0 Å². The minimum atomic E-state index is -0.361. The summed E-state index contributed by atoms with van der Waals surface area (Å²) in [5, 5.41) is 18.1. The third kappa shape index (κ3) is 3.14. The fourth-order valence-electron chi connectivity index (χ4n) is 4.16. The largest absolute Gasteiger partial charge is 0.507 e. The van der Waals surface area contributed by atoms with E-state index in [1.165, 1.54) is 0 Å². The summed E-state index contributed by atoms with van der Waals surface area (Å²) in [6.07, 6.45) is 1.71. The standard InChI is InChI=1S/C24H25N3O3/c1-5-10-27-22(16-8-7-9-17(13-16)30-6-2)19-20(25-26-21(19)24(27)29)18-12-14(3)11-15(4)23(18)28/h5,7-9,11-13,22,28H,1,6,10H2,2-4H3,(H,25,26). The third-order valence-corrected chi connectivity index (χ3v) is 5.37. The molecule has 1 atom stereocenters. The number of aryl methyl sites for hydroxylation is 2. The number of ether oxygens (including phenoxy) is 1. The third-order valence-electron chi connectivity index (χ3n) is 5.37. The van der Waals surface area contributed by atoms with E-state index in [9.17, 15) is 9.90 Å². The van der Waals surface area contributed by atoms with E-state index in [0.717, 1.165) is 28.0 Å². The van der Waals surface area contributed by atoms with Crippen LogP contribution in [0.5, 0.6) is 11.5 Å². The number of amides is 1. The summed E-state index contributed by atoms with van der Waals surface area (Å²) in [5.74, 6) is 0.777. The van der Waals surface area contributed by atoms with Crippen molar-refractivity contribution in [2.45, 2.75) is 26.8 Å². The number of hydrogen-bond acceptors (Lipinski definition) is 4. The predicted molar refractivity (Wildman–Crippen MR) is 116 cm³/mol. The molecule has 0 bridgehead atoms. The smallest absolute Gasteiger partial charge is 0.273 e. The lowest BCUT2D eigenvalue weighted by molar-refractivity contribution is 0.0764. The number of aromatic nitrogens is 2. The van der Waals surface area contributed by atoms with Crippen LogP contribution < -0.4 is 4.74 Å². The Bertz CT molecular complexity index is 1130. The minimum absolute atomic E-state index is 0.140. The molecule has 6 heteroatoms. The number of hydrogen-bond donors (Lipinski definition) is 2. The van der Waals surface area contributed by atoms with Crippen LogP contribution in [0.15, 0.2) is 49.1 Å². The van der Waals surface area contributed by atoms with Crippen molar-refractivity contribution in [2.24, 2.45) is 0 Å². The molecule has 1 aliphatic heterocycles. The van der Waals surface area contributed by atoms with Gasteiger partial charge < -0.3 is 14.7 Å². The summed E-state index contributed by atoms with van der Waals surface area (Å²) in [6, 6.07) is 11.2. The van der Waals surface area contributed by atoms with Gasteiger partial charge in [-0.25, -0.2) is 0 Å². The number of phenols is 1. The second-order valence-corrected chi connectivity index (χ2v) is 7.49. The Morgan fingerprint density at radius 1 is 1.30 bits per heavy atom. The Morgan fingerprint density at radius 2 is 2.10 bits per heavy atom. The number of nitrogens with zero attached hydrogens (tertiary/aromatic N) is 2. The van der Waals surface area contributed by atoms with Gasteiger partial charge in [0.25, 0.3) is 5.91 Å². The summed E-state index contributed by atoms with van der Waals surface area (Å²) >= 11 is 0. The maximum absolute atomic E-state index is 13.2. The molecule has 0 fully saturated rings. The zero-order valence-electron chi connectivity index (χ0n) is 17.4. The monoisotopic (exact) mass is 403 g/mol. The van der Waals surface area contributed by atoms with Crippen LogP contribution in [0.1, 0.15) is 45.7 Å². The number of phenolic OH excluding ortho intramolecular Hbond substituents is 1. The van der Waals surface area contributed by atoms with Crippen LogP contribution in [0.2, 0.25) is 0 Å². The van der Waals surface area contributed by atoms with Gasteiger partial charge in [-0.3, -0.25) is 9.89 Å². The van der Waals surface area contributed by atoms with Crippen molar-refractivity contribution < 1.29 is 14.6 Å². The van der Waals surface area contributed by atoms with Crippen molar-refractivity contribution in [1.29, 1.82) is 0 Å². The van der Waals surface area contributed by atoms with Crippen molar-refractivity contribution in [1.82, 2.24) is 15.1 Å². The number of benzene rings is 2. The molecule has 30 heavy (non-hydrogen) atoms. The summed E-state index contributed by atoms with van der Waals surface area (Å²) in [6.45, 7) is 10.5. The van der Waals surface area contributed by atoms with Crippen LogP contribution in [-0.2, 0) is 0 Å². The van der Waals surface area contributed by atoms with Crippen LogP contribution in [0.4, 0.5) is 0 Å². The highest BCUT2D eigenvalue weighted by atomic mass is 16.5. The summed E-state index contributed by atoms with van der Waals surface area (Å²) in [5.41, 5.74) is 5.10. The van der Waals surface area contributed by atoms with Gasteiger partial charge in [0.15, 0.2) is 0 Å². The molecule has 0 saturated heterocycles. The molecule has 6 nitrogen and oxygen atoms in total. The summed E-state index contributed by atoms with van der Waals surface area (Å²) in [4.78, 5) is 14.9. The maximum Gasteiger partial charge on any atom is 0.273 e. The number of carbonyl (C=O) groups is 1. The van der Waals surface area contributed by atoms with Gasteiger partial charge in [0.2, 0.25) is 0 Å². The molecular weight excluding hydrogens is 378 g/mol. The zero-order valence-corrected chi connectivity index (χ0v) is 17.4. The normalized spacial score (nSPS) is 15.4. The minimum Gasteiger partial charge on any atom is -0.507 e. The van der Waals surface area contributed by atoms with Gasteiger partial charge >= 0.3 is 0 Å². The van der Waals surface area contributed by atoms with Crippen LogP contribution in [0.25, 0.3) is 11.3 Å². The zero-order chi connectivity index (χ0) is 21.4. The average Bonchev–Trinajstić information content (AvgIpc) is 3.25. The highest BCUT2D eigenvalue weighted by Crippen LogP contribution is 2.45. The molecule has 1 amide bonds. The first kappa shape index (κ1) is 19.8. The van der Waals surface area contributed by atoms with E-state index < -0.39 is 0 Å². The van der Waals surface area contributed by atoms with Gasteiger partial charge in [-0.05, 0) is 55.7 Å². The number of fused-ring (bicyclic) bond motifs is 1. The topological polar surface area (TPSA) is 78.5 Å². The number of carbonyl (C=O) groups excluding carboxylic acids is 1. The van der Waals surface area contributed by atoms with Crippen molar-refractivity contribution >= 4 is 5.91 Å². The molecule has 0 aliphatic carbocycles. The fraction of sp³-hybridized carbons (Fsp3) is 0.250. The summed E-state index contributed by atoms with van der Waals surface area (Å²) in [7, 11) is 0. The number of rotatable bonds is 6. The number of aromatic amines is 1. The SMILES string of the molecule is C=CCN1C(=O)c2[nH]nc(-c3cc(C)cc(C)c3O)c2C1c1cccc(OCC)c1. The van der Waals surface area contributed by atoms with E-state index in [1.54, 1.807) is 11.0 Å². The van der Waals surface area contributed by atoms with E-state index in [2.05, 4.69) is 16.8 Å². The molecule has 0 saturated carbocycles. The van der Waals surface area contributed by atoms with E-state index in [-0.39, 0.29) is 17.7 Å². The van der Waals surface area contributed by atoms with E-state index >= 15 is 0 Å². The van der Waals surface area contributed by atoms with Gasteiger partial charge in [0.05, 0.1) is 12.6 Å². The fourth-order valence-corrected chi connectivity index (χ4v) is 4.16. The second kappa shape index (κ2) is 7.71. The first-order valence-corrected chi connectivity index (χ1v) is 9.99. The Balaban J connectivity index is 1.93. The van der Waals surface area contributed by atoms with Crippen molar-refractivity contribution in [3.8, 4) is 22.8 Å². The maximum atomic E-state index is 13.2. The molecule has 2 N–H and O–H groups in total. The Kier molecular flexibility index (Phi) is 5.08. The molecule has 154 valence electrons. The predicted octanol–water partition coefficient (Wildman–Crippen LogP) is 4.53. The Labute approximate surface area is 175 Å². The molecule has 1 aromatic heterocycles. The molecule has 1 unspecified atom stereocenters. The summed E-state index contributed by atoms with van der Waals surface area (Å²) < 4.78 is 5.68. The highest BCUT2D eigenvalue weighted by Gasteiger charge is 2.42. The van der Waals surface area contributed by atoms with Gasteiger partial charge in [0, 0.05) is 17.7 Å². The van der Waals surface area contributed by atoms with E-state index in [1.807, 2.05) is 57.2 Å². The van der Waals surface area contributed by atoms with Gasteiger partial charge in [-0.2, -0.15) is 5.10 Å². The van der Waals surface area contributed by atoms with Crippen LogP contribution in [-0.4, -0.2) is 39.3 Å². The average molecular weight is 403 g/mol. The van der Waals surface area contributed by atoms with Crippen LogP contribution >= 0.6 is 0 Å². The lowest BCUT2D eigenvalue weighted by Crippen LogP contribution is -2.29. The molecule has 0 spiro atoms. The molecule has 2 heterocycles. The quantitative estimate of drug-likeness (QED) is 0.593. The lowest BCUT2D eigenvalue weighted by atomic mass is 9.94. The Morgan fingerprint density at radius 3 is 2.83 bits per heavy atom. The van der Waals surface area contributed by atoms with Crippen LogP contribution in [0, 0.1) is 13.8 Å². The highest BCUT2D eigenvalue weighted by molar-refractivity contribution is 6.00. The number of aromatic hydroxyl groups is 1. The van der Waals surface area contributed by atoms with E-state index in [4.69, 9.17) is 4.74 Å². The number of H-pyrrole nitrogens is 1. The lowest BCUT2D eigenvalue weighted by Gasteiger charge is -2.25. The van der Waals surface area contributed by atoms with E-state index in [0.29, 0.717) is 30.1 Å². The molecule has 3 aromatic rings. The number of nitrogens with one attached hydrogen (secondary N) is 1. The van der Waals surface area contributed by atoms with Crippen molar-refractivity contribution in [2.75, 3.05) is 13.2 Å². The second-order valence-electron chi connectivity index (χ2n) is 7.49. The first-order chi connectivity index (χ1) is 14.5.